The maximum Gasteiger partial charge on any atom is 0.151 e. The van der Waals surface area contributed by atoms with Gasteiger partial charge >= 0.3 is 0 Å². The topological polar surface area (TPSA) is 9.23 Å². The molecule has 96 valence electrons. The van der Waals surface area contributed by atoms with Crippen LogP contribution >= 0.6 is 0 Å². The molecule has 0 aromatic carbocycles. The molecule has 1 fully saturated rings. The Morgan fingerprint density at radius 3 is 2.47 bits per heavy atom. The predicted molar refractivity (Wildman–Crippen MR) is 68.7 cm³/mol. The molecule has 2 rings (SSSR count). The fraction of sp³-hybridized carbons (Fsp3) is 0.733. The lowest BCUT2D eigenvalue weighted by atomic mass is 9.70. The summed E-state index contributed by atoms with van der Waals surface area (Å²) in [5.74, 6) is 1.16. The van der Waals surface area contributed by atoms with E-state index >= 15 is 0 Å². The number of allylic oxidation sites excluding steroid dienone is 2. The van der Waals surface area contributed by atoms with Crippen LogP contribution in [0.2, 0.25) is 0 Å². The van der Waals surface area contributed by atoms with Crippen LogP contribution in [-0.4, -0.2) is 18.9 Å². The zero-order valence-electron chi connectivity index (χ0n) is 10.9. The van der Waals surface area contributed by atoms with Gasteiger partial charge < -0.3 is 4.74 Å². The van der Waals surface area contributed by atoms with Gasteiger partial charge in [0.1, 0.15) is 5.60 Å². The summed E-state index contributed by atoms with van der Waals surface area (Å²) in [6.07, 6.45) is 12.1. The van der Waals surface area contributed by atoms with Crippen molar-refractivity contribution in [3.63, 3.8) is 0 Å². The van der Waals surface area contributed by atoms with Crippen molar-refractivity contribution < 1.29 is 9.13 Å². The second kappa shape index (κ2) is 5.34. The molecule has 0 amide bonds. The summed E-state index contributed by atoms with van der Waals surface area (Å²) in [4.78, 5) is 0. The zero-order chi connectivity index (χ0) is 12.3. The molecule has 2 aliphatic carbocycles. The Balaban J connectivity index is 2.09. The Morgan fingerprint density at radius 2 is 1.94 bits per heavy atom. The monoisotopic (exact) mass is 238 g/mol. The Bertz CT molecular complexity index is 302. The van der Waals surface area contributed by atoms with E-state index in [2.05, 4.69) is 6.92 Å². The van der Waals surface area contributed by atoms with E-state index < -0.39 is 11.8 Å². The quantitative estimate of drug-likeness (QED) is 0.720. The van der Waals surface area contributed by atoms with Crippen LogP contribution in [0.5, 0.6) is 0 Å². The minimum atomic E-state index is -0.999. The number of hydrogen-bond acceptors (Lipinski definition) is 1. The van der Waals surface area contributed by atoms with E-state index in [0.29, 0.717) is 5.92 Å². The highest BCUT2D eigenvalue weighted by molar-refractivity contribution is 5.25. The Hall–Kier alpha value is -0.630. The van der Waals surface area contributed by atoms with Crippen molar-refractivity contribution in [1.82, 2.24) is 0 Å². The van der Waals surface area contributed by atoms with Crippen molar-refractivity contribution in [1.29, 1.82) is 0 Å². The molecular weight excluding hydrogens is 215 g/mol. The fourth-order valence-electron chi connectivity index (χ4n) is 3.34. The summed E-state index contributed by atoms with van der Waals surface area (Å²) in [7, 11) is 1.64. The maximum absolute atomic E-state index is 14.2. The summed E-state index contributed by atoms with van der Waals surface area (Å²) in [5.41, 5.74) is -0.701. The van der Waals surface area contributed by atoms with Crippen molar-refractivity contribution in [3.8, 4) is 0 Å². The Kier molecular flexibility index (Phi) is 4.03. The van der Waals surface area contributed by atoms with Gasteiger partial charge in [0.2, 0.25) is 0 Å². The van der Waals surface area contributed by atoms with Gasteiger partial charge in [0.05, 0.1) is 0 Å². The molecule has 0 spiro atoms. The molecule has 0 heterocycles. The highest BCUT2D eigenvalue weighted by Gasteiger charge is 2.45. The van der Waals surface area contributed by atoms with Crippen molar-refractivity contribution in [2.45, 2.75) is 50.8 Å². The molecule has 1 nitrogen and oxygen atoms in total. The number of hydrogen-bond donors (Lipinski definition) is 0. The molecule has 2 aliphatic rings. The van der Waals surface area contributed by atoms with E-state index in [1.807, 2.05) is 12.2 Å². The van der Waals surface area contributed by atoms with Gasteiger partial charge in [-0.15, -0.1) is 0 Å². The van der Waals surface area contributed by atoms with Gasteiger partial charge in [0.15, 0.2) is 6.17 Å². The Labute approximate surface area is 104 Å². The number of ether oxygens (including phenoxy) is 1. The number of rotatable bonds is 3. The average Bonchev–Trinajstić information content (AvgIpc) is 2.40. The van der Waals surface area contributed by atoms with E-state index in [-0.39, 0.29) is 0 Å². The SMILES string of the molecule is CC[C@H]1CC[C@H](C2(OC)C=CC=CC2F)CC1. The summed E-state index contributed by atoms with van der Waals surface area (Å²) in [6.45, 7) is 2.25. The lowest BCUT2D eigenvalue weighted by Crippen LogP contribution is -2.48. The van der Waals surface area contributed by atoms with Crippen LogP contribution in [-0.2, 0) is 4.74 Å². The van der Waals surface area contributed by atoms with Gasteiger partial charge in [-0.05, 0) is 36.8 Å². The number of halogens is 1. The van der Waals surface area contributed by atoms with E-state index in [1.54, 1.807) is 19.3 Å². The first-order valence-corrected chi connectivity index (χ1v) is 6.78. The molecule has 0 bridgehead atoms. The van der Waals surface area contributed by atoms with Gasteiger partial charge in [-0.3, -0.25) is 0 Å². The molecule has 0 saturated heterocycles. The van der Waals surface area contributed by atoms with E-state index in [0.717, 1.165) is 18.8 Å². The van der Waals surface area contributed by atoms with Crippen molar-refractivity contribution in [2.75, 3.05) is 7.11 Å². The third kappa shape index (κ3) is 2.33. The minimum absolute atomic E-state index is 0.325. The van der Waals surface area contributed by atoms with Gasteiger partial charge in [0, 0.05) is 7.11 Å². The van der Waals surface area contributed by atoms with Gasteiger partial charge in [-0.25, -0.2) is 4.39 Å². The first kappa shape index (κ1) is 12.8. The molecular formula is C15H23FO. The lowest BCUT2D eigenvalue weighted by Gasteiger charge is -2.43. The molecule has 2 unspecified atom stereocenters. The summed E-state index contributed by atoms with van der Waals surface area (Å²) < 4.78 is 19.8. The van der Waals surface area contributed by atoms with E-state index in [1.165, 1.54) is 19.3 Å². The van der Waals surface area contributed by atoms with E-state index in [4.69, 9.17) is 4.74 Å². The minimum Gasteiger partial charge on any atom is -0.370 e. The highest BCUT2D eigenvalue weighted by atomic mass is 19.1. The van der Waals surface area contributed by atoms with Gasteiger partial charge in [0.25, 0.3) is 0 Å². The molecule has 2 atom stereocenters. The van der Waals surface area contributed by atoms with Gasteiger partial charge in [-0.2, -0.15) is 0 Å². The normalized spacial score (nSPS) is 41.7. The van der Waals surface area contributed by atoms with E-state index in [9.17, 15) is 4.39 Å². The van der Waals surface area contributed by atoms with Crippen molar-refractivity contribution in [3.05, 3.63) is 24.3 Å². The van der Waals surface area contributed by atoms with Crippen LogP contribution < -0.4 is 0 Å². The summed E-state index contributed by atoms with van der Waals surface area (Å²) in [5, 5.41) is 0. The molecule has 0 radical (unpaired) electrons. The average molecular weight is 238 g/mol. The van der Waals surface area contributed by atoms with Crippen LogP contribution in [0.25, 0.3) is 0 Å². The maximum atomic E-state index is 14.2. The first-order valence-electron chi connectivity index (χ1n) is 6.78. The highest BCUT2D eigenvalue weighted by Crippen LogP contribution is 2.42. The standard InChI is InChI=1S/C15H23FO/c1-3-12-7-9-13(10-8-12)15(17-2)11-5-4-6-14(15)16/h4-6,11-14H,3,7-10H2,1-2H3/t12-,13-,14?,15?. The largest absolute Gasteiger partial charge is 0.370 e. The third-order valence-electron chi connectivity index (χ3n) is 4.59. The second-order valence-electron chi connectivity index (χ2n) is 5.33. The van der Waals surface area contributed by atoms with Crippen molar-refractivity contribution >= 4 is 0 Å². The molecule has 0 aromatic rings. The van der Waals surface area contributed by atoms with Crippen LogP contribution in [0.4, 0.5) is 4.39 Å². The zero-order valence-corrected chi connectivity index (χ0v) is 10.9. The van der Waals surface area contributed by atoms with Crippen LogP contribution in [0.1, 0.15) is 39.0 Å². The fourth-order valence-corrected chi connectivity index (χ4v) is 3.34. The molecule has 1 saturated carbocycles. The van der Waals surface area contributed by atoms with Crippen molar-refractivity contribution in [2.24, 2.45) is 11.8 Å². The lowest BCUT2D eigenvalue weighted by molar-refractivity contribution is -0.0743. The summed E-state index contributed by atoms with van der Waals surface area (Å²) in [6, 6.07) is 0. The summed E-state index contributed by atoms with van der Waals surface area (Å²) >= 11 is 0. The van der Waals surface area contributed by atoms with Gasteiger partial charge in [-0.1, -0.05) is 38.3 Å². The smallest absolute Gasteiger partial charge is 0.151 e. The Morgan fingerprint density at radius 1 is 1.24 bits per heavy atom. The molecule has 0 aliphatic heterocycles. The number of alkyl halides is 1. The second-order valence-corrected chi connectivity index (χ2v) is 5.33. The molecule has 17 heavy (non-hydrogen) atoms. The molecule has 0 aromatic heterocycles. The predicted octanol–water partition coefficient (Wildman–Crippen LogP) is 4.05. The number of methoxy groups -OCH3 is 1. The van der Waals surface area contributed by atoms with Crippen LogP contribution in [0, 0.1) is 11.8 Å². The first-order chi connectivity index (χ1) is 8.23. The molecule has 2 heteroatoms. The van der Waals surface area contributed by atoms with Crippen LogP contribution in [0.3, 0.4) is 0 Å². The third-order valence-corrected chi connectivity index (χ3v) is 4.59. The molecule has 0 N–H and O–H groups in total. The van der Waals surface area contributed by atoms with Crippen LogP contribution in [0.15, 0.2) is 24.3 Å².